The zero-order valence-electron chi connectivity index (χ0n) is 17.5. The summed E-state index contributed by atoms with van der Waals surface area (Å²) in [5.74, 6) is -1.77. The van der Waals surface area contributed by atoms with Crippen molar-refractivity contribution in [3.63, 3.8) is 0 Å². The van der Waals surface area contributed by atoms with Crippen LogP contribution in [0.15, 0.2) is 78.4 Å². The number of nitrogens with zero attached hydrogens (tertiary/aromatic N) is 1. The molecule has 1 aliphatic rings. The van der Waals surface area contributed by atoms with E-state index in [9.17, 15) is 18.8 Å². The summed E-state index contributed by atoms with van der Waals surface area (Å²) >= 11 is 0. The maximum atomic E-state index is 13.6. The van der Waals surface area contributed by atoms with Gasteiger partial charge >= 0.3 is 6.03 Å². The highest BCUT2D eigenvalue weighted by atomic mass is 19.1. The highest BCUT2D eigenvalue weighted by Crippen LogP contribution is 2.24. The van der Waals surface area contributed by atoms with Crippen LogP contribution in [-0.4, -0.2) is 17.8 Å². The van der Waals surface area contributed by atoms with Gasteiger partial charge in [0.25, 0.3) is 11.8 Å². The minimum absolute atomic E-state index is 0.143. The molecule has 0 bridgehead atoms. The van der Waals surface area contributed by atoms with Crippen molar-refractivity contribution in [2.24, 2.45) is 0 Å². The van der Waals surface area contributed by atoms with Crippen molar-refractivity contribution in [1.82, 2.24) is 5.32 Å². The molecule has 0 atom stereocenters. The number of anilines is 1. The van der Waals surface area contributed by atoms with Crippen LogP contribution in [0.2, 0.25) is 0 Å². The molecule has 32 heavy (non-hydrogen) atoms. The summed E-state index contributed by atoms with van der Waals surface area (Å²) in [5, 5.41) is 2.24. The molecule has 4 amide bonds. The number of barbiturate groups is 1. The largest absolute Gasteiger partial charge is 0.335 e. The average Bonchev–Trinajstić information content (AvgIpc) is 2.78. The van der Waals surface area contributed by atoms with Crippen molar-refractivity contribution >= 4 is 29.6 Å². The fourth-order valence-corrected chi connectivity index (χ4v) is 3.63. The molecule has 0 unspecified atom stereocenters. The third kappa shape index (κ3) is 4.34. The number of nitrogens with one attached hydrogen (secondary N) is 1. The first-order valence-corrected chi connectivity index (χ1v) is 10.3. The normalized spacial score (nSPS) is 15.2. The number of carbonyl (C=O) groups excluding carboxylic acids is 3. The number of rotatable bonds is 5. The monoisotopic (exact) mass is 428 g/mol. The van der Waals surface area contributed by atoms with Crippen LogP contribution in [0.3, 0.4) is 0 Å². The standard InChI is InChI=1S/C26H21FN2O3/c1-2-17-10-12-22(13-11-17)29-25(31)23(24(30)28-26(29)32)16-20-8-4-3-7-19(20)14-18-6-5-9-21(27)15-18/h3-13,15-16H,2,14H2,1H3,(H,28,30,32)/b23-16+. The lowest BCUT2D eigenvalue weighted by molar-refractivity contribution is -0.122. The molecular weight excluding hydrogens is 407 g/mol. The van der Waals surface area contributed by atoms with E-state index >= 15 is 0 Å². The van der Waals surface area contributed by atoms with E-state index in [-0.39, 0.29) is 11.4 Å². The van der Waals surface area contributed by atoms with Gasteiger partial charge in [-0.05, 0) is 65.4 Å². The Morgan fingerprint density at radius 3 is 2.38 bits per heavy atom. The van der Waals surface area contributed by atoms with Gasteiger partial charge in [0, 0.05) is 0 Å². The highest BCUT2D eigenvalue weighted by Gasteiger charge is 2.36. The fraction of sp³-hybridized carbons (Fsp3) is 0.115. The lowest BCUT2D eigenvalue weighted by Crippen LogP contribution is -2.54. The maximum absolute atomic E-state index is 13.6. The zero-order valence-corrected chi connectivity index (χ0v) is 17.5. The third-order valence-electron chi connectivity index (χ3n) is 5.34. The second kappa shape index (κ2) is 8.98. The first kappa shape index (κ1) is 21.2. The molecule has 0 aliphatic carbocycles. The maximum Gasteiger partial charge on any atom is 0.335 e. The predicted molar refractivity (Wildman–Crippen MR) is 120 cm³/mol. The summed E-state index contributed by atoms with van der Waals surface area (Å²) in [5.41, 5.74) is 3.54. The molecule has 3 aromatic carbocycles. The van der Waals surface area contributed by atoms with Crippen LogP contribution in [0, 0.1) is 5.82 Å². The number of halogens is 1. The summed E-state index contributed by atoms with van der Waals surface area (Å²) < 4.78 is 13.6. The Morgan fingerprint density at radius 1 is 0.906 bits per heavy atom. The Kier molecular flexibility index (Phi) is 5.94. The van der Waals surface area contributed by atoms with Crippen LogP contribution in [0.4, 0.5) is 14.9 Å². The topological polar surface area (TPSA) is 66.5 Å². The molecular formula is C26H21FN2O3. The van der Waals surface area contributed by atoms with E-state index in [1.165, 1.54) is 18.2 Å². The Hall–Kier alpha value is -4.06. The van der Waals surface area contributed by atoms with Crippen molar-refractivity contribution in [2.75, 3.05) is 4.90 Å². The number of imide groups is 2. The van der Waals surface area contributed by atoms with Gasteiger partial charge < -0.3 is 0 Å². The number of aryl methyl sites for hydroxylation is 1. The van der Waals surface area contributed by atoms with Crippen LogP contribution < -0.4 is 10.2 Å². The molecule has 1 saturated heterocycles. The van der Waals surface area contributed by atoms with Gasteiger partial charge in [0.2, 0.25) is 0 Å². The second-order valence-corrected chi connectivity index (χ2v) is 7.48. The number of urea groups is 1. The number of hydrogen-bond donors (Lipinski definition) is 1. The third-order valence-corrected chi connectivity index (χ3v) is 5.34. The van der Waals surface area contributed by atoms with Gasteiger partial charge in [0.15, 0.2) is 0 Å². The predicted octanol–water partition coefficient (Wildman–Crippen LogP) is 4.65. The molecule has 1 N–H and O–H groups in total. The zero-order chi connectivity index (χ0) is 22.7. The van der Waals surface area contributed by atoms with Crippen molar-refractivity contribution in [2.45, 2.75) is 19.8 Å². The van der Waals surface area contributed by atoms with Gasteiger partial charge in [-0.25, -0.2) is 14.1 Å². The van der Waals surface area contributed by atoms with E-state index in [1.807, 2.05) is 37.3 Å². The van der Waals surface area contributed by atoms with E-state index in [0.717, 1.165) is 28.0 Å². The smallest absolute Gasteiger partial charge is 0.273 e. The molecule has 3 aromatic rings. The lowest BCUT2D eigenvalue weighted by Gasteiger charge is -2.26. The summed E-state index contributed by atoms with van der Waals surface area (Å²) in [6.45, 7) is 2.01. The molecule has 0 aromatic heterocycles. The van der Waals surface area contributed by atoms with Gasteiger partial charge in [0.1, 0.15) is 11.4 Å². The number of carbonyl (C=O) groups is 3. The van der Waals surface area contributed by atoms with E-state index in [4.69, 9.17) is 0 Å². The molecule has 1 fully saturated rings. The molecule has 6 heteroatoms. The van der Waals surface area contributed by atoms with Crippen molar-refractivity contribution in [1.29, 1.82) is 0 Å². The number of amides is 4. The van der Waals surface area contributed by atoms with Crippen molar-refractivity contribution in [3.05, 3.63) is 106 Å². The van der Waals surface area contributed by atoms with Gasteiger partial charge in [-0.15, -0.1) is 0 Å². The summed E-state index contributed by atoms with van der Waals surface area (Å²) in [6.07, 6.45) is 2.73. The SMILES string of the molecule is CCc1ccc(N2C(=O)NC(=O)/C(=C\c3ccccc3Cc3cccc(F)c3)C2=O)cc1. The molecule has 5 nitrogen and oxygen atoms in total. The molecule has 0 spiro atoms. The molecule has 4 rings (SSSR count). The first-order chi connectivity index (χ1) is 15.5. The Bertz CT molecular complexity index is 1230. The summed E-state index contributed by atoms with van der Waals surface area (Å²) in [7, 11) is 0. The van der Waals surface area contributed by atoms with Gasteiger partial charge in [-0.3, -0.25) is 14.9 Å². The minimum Gasteiger partial charge on any atom is -0.273 e. The highest BCUT2D eigenvalue weighted by molar-refractivity contribution is 6.39. The summed E-state index contributed by atoms with van der Waals surface area (Å²) in [6, 6.07) is 19.8. The van der Waals surface area contributed by atoms with Crippen LogP contribution in [0.5, 0.6) is 0 Å². The Morgan fingerprint density at radius 2 is 1.66 bits per heavy atom. The minimum atomic E-state index is -0.783. The van der Waals surface area contributed by atoms with E-state index in [0.29, 0.717) is 17.7 Å². The van der Waals surface area contributed by atoms with E-state index < -0.39 is 17.8 Å². The average molecular weight is 428 g/mol. The quantitative estimate of drug-likeness (QED) is 0.475. The Labute approximate surface area is 185 Å². The molecule has 1 heterocycles. The van der Waals surface area contributed by atoms with Gasteiger partial charge in [-0.1, -0.05) is 55.5 Å². The summed E-state index contributed by atoms with van der Waals surface area (Å²) in [4.78, 5) is 39.0. The van der Waals surface area contributed by atoms with Crippen LogP contribution >= 0.6 is 0 Å². The van der Waals surface area contributed by atoms with Gasteiger partial charge in [0.05, 0.1) is 5.69 Å². The van der Waals surface area contributed by atoms with Crippen molar-refractivity contribution in [3.8, 4) is 0 Å². The van der Waals surface area contributed by atoms with E-state index in [1.54, 1.807) is 30.3 Å². The van der Waals surface area contributed by atoms with Crippen molar-refractivity contribution < 1.29 is 18.8 Å². The van der Waals surface area contributed by atoms with Crippen LogP contribution in [-0.2, 0) is 22.4 Å². The molecule has 0 saturated carbocycles. The number of hydrogen-bond acceptors (Lipinski definition) is 3. The van der Waals surface area contributed by atoms with E-state index in [2.05, 4.69) is 5.32 Å². The fourth-order valence-electron chi connectivity index (χ4n) is 3.63. The van der Waals surface area contributed by atoms with Gasteiger partial charge in [-0.2, -0.15) is 0 Å². The first-order valence-electron chi connectivity index (χ1n) is 10.3. The Balaban J connectivity index is 1.69. The molecule has 1 aliphatic heterocycles. The molecule has 160 valence electrons. The van der Waals surface area contributed by atoms with Crippen LogP contribution in [0.1, 0.15) is 29.2 Å². The molecule has 0 radical (unpaired) electrons. The van der Waals surface area contributed by atoms with Crippen LogP contribution in [0.25, 0.3) is 6.08 Å². The lowest BCUT2D eigenvalue weighted by atomic mass is 9.97. The number of benzene rings is 3. The second-order valence-electron chi connectivity index (χ2n) is 7.48.